The molecule has 1 aromatic heterocycles. The fourth-order valence-corrected chi connectivity index (χ4v) is 0.642. The summed E-state index contributed by atoms with van der Waals surface area (Å²) in [6.45, 7) is 4.07. The Morgan fingerprint density at radius 1 is 1.73 bits per heavy atom. The largest absolute Gasteiger partial charge is 1.00 e. The summed E-state index contributed by atoms with van der Waals surface area (Å²) < 4.78 is 3.55. The Kier molecular flexibility index (Phi) is 4.38. The van der Waals surface area contributed by atoms with Crippen LogP contribution in [0.2, 0.25) is 0 Å². The van der Waals surface area contributed by atoms with Gasteiger partial charge in [0.25, 0.3) is 6.33 Å². The van der Waals surface area contributed by atoms with Gasteiger partial charge >= 0.3 is 0 Å². The number of nitrogens with zero attached hydrogens (tertiary/aromatic N) is 2. The summed E-state index contributed by atoms with van der Waals surface area (Å²) in [6.07, 6.45) is 7.29. The molecular weight excluding hydrogens is 164 g/mol. The van der Waals surface area contributed by atoms with E-state index >= 15 is 0 Å². The van der Waals surface area contributed by atoms with E-state index in [4.69, 9.17) is 4.84 Å². The van der Waals surface area contributed by atoms with Gasteiger partial charge in [0, 0.05) is 0 Å². The topological polar surface area (TPSA) is 18.0 Å². The Labute approximate surface area is 72.3 Å². The van der Waals surface area contributed by atoms with Gasteiger partial charge in [0.05, 0.1) is 7.05 Å². The predicted octanol–water partition coefficient (Wildman–Crippen LogP) is -3.07. The van der Waals surface area contributed by atoms with Crippen molar-refractivity contribution in [3.63, 3.8) is 0 Å². The third-order valence-electron chi connectivity index (χ3n) is 1.09. The smallest absolute Gasteiger partial charge is 0.284 e. The fourth-order valence-electron chi connectivity index (χ4n) is 0.642. The van der Waals surface area contributed by atoms with Gasteiger partial charge in [-0.05, 0) is 6.08 Å². The number of rotatable bonds is 3. The molecule has 1 aromatic rings. The lowest BCUT2D eigenvalue weighted by molar-refractivity contribution is -0.672. The van der Waals surface area contributed by atoms with Crippen LogP contribution in [-0.2, 0) is 7.05 Å². The Morgan fingerprint density at radius 2 is 2.45 bits per heavy atom. The van der Waals surface area contributed by atoms with E-state index in [0.29, 0.717) is 6.61 Å². The summed E-state index contributed by atoms with van der Waals surface area (Å²) in [5, 5.41) is 0. The highest BCUT2D eigenvalue weighted by Gasteiger charge is 1.96. The summed E-state index contributed by atoms with van der Waals surface area (Å²) in [5.74, 6) is 0. The Morgan fingerprint density at radius 3 is 2.91 bits per heavy atom. The molecule has 0 aliphatic rings. The zero-order chi connectivity index (χ0) is 7.40. The first-order valence-electron chi connectivity index (χ1n) is 3.10. The van der Waals surface area contributed by atoms with Crippen LogP contribution in [0.25, 0.3) is 0 Å². The van der Waals surface area contributed by atoms with Crippen LogP contribution in [-0.4, -0.2) is 11.3 Å². The first-order valence-corrected chi connectivity index (χ1v) is 3.10. The second-order valence-electron chi connectivity index (χ2n) is 2.02. The van der Waals surface area contributed by atoms with E-state index in [0.717, 1.165) is 0 Å². The van der Waals surface area contributed by atoms with Gasteiger partial charge in [0.1, 0.15) is 6.20 Å². The molecule has 0 aromatic carbocycles. The number of hydrogen-bond donors (Lipinski definition) is 0. The van der Waals surface area contributed by atoms with Crippen molar-refractivity contribution in [1.29, 1.82) is 0 Å². The molecule has 0 aliphatic heterocycles. The number of imidazole rings is 1. The van der Waals surface area contributed by atoms with E-state index in [1.165, 1.54) is 0 Å². The van der Waals surface area contributed by atoms with Gasteiger partial charge in [-0.25, -0.2) is 4.57 Å². The van der Waals surface area contributed by atoms with Gasteiger partial charge in [-0.3, -0.25) is 0 Å². The molecule has 0 amide bonds. The molecule has 0 atom stereocenters. The van der Waals surface area contributed by atoms with Crippen molar-refractivity contribution in [2.45, 2.75) is 0 Å². The maximum Gasteiger partial charge on any atom is 0.284 e. The third-order valence-corrected chi connectivity index (χ3v) is 1.09. The molecule has 0 saturated heterocycles. The molecule has 1 rings (SSSR count). The number of hydrogen-bond acceptors (Lipinski definition) is 1. The van der Waals surface area contributed by atoms with Crippen LogP contribution in [0.1, 0.15) is 0 Å². The highest BCUT2D eigenvalue weighted by atomic mass is 35.5. The van der Waals surface area contributed by atoms with Crippen molar-refractivity contribution in [2.24, 2.45) is 7.05 Å². The van der Waals surface area contributed by atoms with Crippen LogP contribution in [0.15, 0.2) is 31.4 Å². The fraction of sp³-hybridized carbons (Fsp3) is 0.286. The van der Waals surface area contributed by atoms with E-state index < -0.39 is 0 Å². The molecule has 0 N–H and O–H groups in total. The maximum atomic E-state index is 5.15. The number of halogens is 1. The van der Waals surface area contributed by atoms with Gasteiger partial charge in [0.15, 0.2) is 12.8 Å². The molecule has 0 saturated carbocycles. The van der Waals surface area contributed by atoms with Gasteiger partial charge < -0.3 is 17.2 Å². The normalized spacial score (nSPS) is 8.45. The highest BCUT2D eigenvalue weighted by molar-refractivity contribution is 4.66. The highest BCUT2D eigenvalue weighted by Crippen LogP contribution is 1.77. The van der Waals surface area contributed by atoms with Crippen LogP contribution in [0.5, 0.6) is 0 Å². The van der Waals surface area contributed by atoms with Crippen molar-refractivity contribution in [3.8, 4) is 0 Å². The van der Waals surface area contributed by atoms with Crippen LogP contribution >= 0.6 is 0 Å². The van der Waals surface area contributed by atoms with Crippen LogP contribution in [0, 0.1) is 0 Å². The Hall–Kier alpha value is -0.960. The third kappa shape index (κ3) is 3.09. The maximum absolute atomic E-state index is 5.15. The molecule has 0 radical (unpaired) electrons. The van der Waals surface area contributed by atoms with E-state index in [2.05, 4.69) is 6.58 Å². The second kappa shape index (κ2) is 4.79. The average Bonchev–Trinajstić information content (AvgIpc) is 2.31. The van der Waals surface area contributed by atoms with Crippen molar-refractivity contribution in [2.75, 3.05) is 6.61 Å². The van der Waals surface area contributed by atoms with Crippen LogP contribution in [0.3, 0.4) is 0 Å². The van der Waals surface area contributed by atoms with Gasteiger partial charge in [-0.15, -0.1) is 0 Å². The molecule has 62 valence electrons. The molecule has 3 nitrogen and oxygen atoms in total. The lowest BCUT2D eigenvalue weighted by Gasteiger charge is -1.91. The minimum atomic E-state index is 0. The van der Waals surface area contributed by atoms with Crippen molar-refractivity contribution in [1.82, 2.24) is 4.73 Å². The van der Waals surface area contributed by atoms with Gasteiger partial charge in [-0.2, -0.15) is 0 Å². The number of aromatic nitrogens is 2. The molecule has 0 bridgehead atoms. The van der Waals surface area contributed by atoms with E-state index in [9.17, 15) is 0 Å². The summed E-state index contributed by atoms with van der Waals surface area (Å²) in [4.78, 5) is 5.15. The van der Waals surface area contributed by atoms with E-state index in [-0.39, 0.29) is 12.4 Å². The molecule has 0 fully saturated rings. The SMILES string of the molecule is C=CCOn1cc[n+](C)c1.[Cl-]. The van der Waals surface area contributed by atoms with Crippen LogP contribution < -0.4 is 21.8 Å². The Balaban J connectivity index is 0.000001000. The van der Waals surface area contributed by atoms with E-state index in [1.54, 1.807) is 10.8 Å². The molecular formula is C7H11ClN2O. The van der Waals surface area contributed by atoms with Gasteiger partial charge in [0.2, 0.25) is 0 Å². The molecule has 0 spiro atoms. The van der Waals surface area contributed by atoms with E-state index in [1.807, 2.05) is 30.3 Å². The summed E-state index contributed by atoms with van der Waals surface area (Å²) in [5.41, 5.74) is 0. The molecule has 4 heteroatoms. The monoisotopic (exact) mass is 174 g/mol. The predicted molar refractivity (Wildman–Crippen MR) is 37.3 cm³/mol. The van der Waals surface area contributed by atoms with Gasteiger partial charge in [-0.1, -0.05) is 11.3 Å². The quantitative estimate of drug-likeness (QED) is 0.352. The average molecular weight is 175 g/mol. The number of aryl methyl sites for hydroxylation is 1. The van der Waals surface area contributed by atoms with Crippen molar-refractivity contribution >= 4 is 0 Å². The van der Waals surface area contributed by atoms with Crippen molar-refractivity contribution < 1.29 is 21.8 Å². The first-order chi connectivity index (χ1) is 4.83. The zero-order valence-electron chi connectivity index (χ0n) is 6.40. The Bertz CT molecular complexity index is 222. The minimum absolute atomic E-state index is 0. The first kappa shape index (κ1) is 10.0. The van der Waals surface area contributed by atoms with Crippen LogP contribution in [0.4, 0.5) is 0 Å². The standard InChI is InChI=1S/C7H11N2O.ClH/c1-3-6-10-9-5-4-8(2)7-9;/h3-5,7H,1,6H2,2H3;1H/q+1;/p-1. The lowest BCUT2D eigenvalue weighted by Crippen LogP contribution is -3.00. The zero-order valence-corrected chi connectivity index (χ0v) is 7.16. The minimum Gasteiger partial charge on any atom is -1.00 e. The summed E-state index contributed by atoms with van der Waals surface area (Å²) in [7, 11) is 1.94. The summed E-state index contributed by atoms with van der Waals surface area (Å²) >= 11 is 0. The second-order valence-corrected chi connectivity index (χ2v) is 2.02. The molecule has 0 unspecified atom stereocenters. The lowest BCUT2D eigenvalue weighted by atomic mass is 10.7. The molecule has 11 heavy (non-hydrogen) atoms. The molecule has 0 aliphatic carbocycles. The summed E-state index contributed by atoms with van der Waals surface area (Å²) in [6, 6.07) is 0. The molecule has 1 heterocycles. The van der Waals surface area contributed by atoms with Crippen molar-refractivity contribution in [3.05, 3.63) is 31.4 Å².